The topological polar surface area (TPSA) is 146 Å². The number of carbonyl (C=O) groups excluding carboxylic acids is 3. The first-order chi connectivity index (χ1) is 15.5. The predicted molar refractivity (Wildman–Crippen MR) is 116 cm³/mol. The lowest BCUT2D eigenvalue weighted by atomic mass is 10.1. The number of quaternary nitrogens is 1. The monoisotopic (exact) mass is 469 g/mol. The number of aromatic nitrogens is 2. The standard InChI is InChI=1S/C21H32N4O8/c1-7-25(8-2,9-3)20(29)18-16(31-13(5)27)17(32-14(6)28)19(33-18)24-11-10-15(22-12(4)26)23-21(24)30/h10-11,16-20,29H,7-9H2,1-6H3/p+1/t16-,17+,18-,19+,20?/m0/s1. The van der Waals surface area contributed by atoms with Crippen LogP contribution in [0, 0.1) is 0 Å². The Morgan fingerprint density at radius 3 is 2.12 bits per heavy atom. The first-order valence-electron chi connectivity index (χ1n) is 10.9. The van der Waals surface area contributed by atoms with Crippen molar-refractivity contribution in [1.29, 1.82) is 0 Å². The molecule has 1 aromatic heterocycles. The van der Waals surface area contributed by atoms with E-state index >= 15 is 0 Å². The van der Waals surface area contributed by atoms with Gasteiger partial charge in [0, 0.05) is 27.0 Å². The quantitative estimate of drug-likeness (QED) is 0.293. The van der Waals surface area contributed by atoms with Crippen LogP contribution in [0.1, 0.15) is 47.8 Å². The summed E-state index contributed by atoms with van der Waals surface area (Å²) >= 11 is 0. The van der Waals surface area contributed by atoms with Crippen LogP contribution in [0.25, 0.3) is 0 Å². The number of hydrogen-bond acceptors (Lipinski definition) is 9. The SMILES string of the molecule is CC[N+](CC)(CC)C(O)[C@H]1O[C@@H](n2ccc(NC(C)=O)nc2=O)[C@H](OC(C)=O)[C@@H]1OC(C)=O. The number of aliphatic hydroxyl groups is 1. The fourth-order valence-corrected chi connectivity index (χ4v) is 4.17. The van der Waals surface area contributed by atoms with Crippen molar-refractivity contribution >= 4 is 23.7 Å². The van der Waals surface area contributed by atoms with Crippen molar-refractivity contribution in [3.8, 4) is 0 Å². The zero-order valence-corrected chi connectivity index (χ0v) is 19.8. The highest BCUT2D eigenvalue weighted by Crippen LogP contribution is 2.37. The number of rotatable bonds is 9. The van der Waals surface area contributed by atoms with Crippen LogP contribution in [0.4, 0.5) is 5.82 Å². The zero-order valence-electron chi connectivity index (χ0n) is 19.8. The van der Waals surface area contributed by atoms with Gasteiger partial charge >= 0.3 is 17.6 Å². The second-order valence-corrected chi connectivity index (χ2v) is 7.90. The van der Waals surface area contributed by atoms with Gasteiger partial charge in [0.2, 0.25) is 12.1 Å². The molecule has 0 aromatic carbocycles. The largest absolute Gasteiger partial charge is 0.455 e. The molecule has 1 aliphatic heterocycles. The molecule has 1 aromatic rings. The number of nitrogens with one attached hydrogen (secondary N) is 1. The Hall–Kier alpha value is -2.83. The summed E-state index contributed by atoms with van der Waals surface area (Å²) in [5, 5.41) is 13.7. The molecule has 5 atom stereocenters. The third-order valence-corrected chi connectivity index (χ3v) is 5.98. The fraction of sp³-hybridized carbons (Fsp3) is 0.667. The zero-order chi connectivity index (χ0) is 24.9. The van der Waals surface area contributed by atoms with Crippen molar-refractivity contribution in [3.05, 3.63) is 22.7 Å². The number of esters is 2. The van der Waals surface area contributed by atoms with E-state index in [4.69, 9.17) is 14.2 Å². The number of hydrogen-bond donors (Lipinski definition) is 2. The Balaban J connectivity index is 2.56. The molecule has 1 fully saturated rings. The Kier molecular flexibility index (Phi) is 8.69. The lowest BCUT2D eigenvalue weighted by molar-refractivity contribution is -0.970. The Bertz CT molecular complexity index is 921. The van der Waals surface area contributed by atoms with Crippen LogP contribution < -0.4 is 11.0 Å². The maximum Gasteiger partial charge on any atom is 0.351 e. The van der Waals surface area contributed by atoms with Crippen LogP contribution in [0.15, 0.2) is 17.1 Å². The maximum atomic E-state index is 12.7. The molecule has 33 heavy (non-hydrogen) atoms. The molecule has 1 unspecified atom stereocenters. The summed E-state index contributed by atoms with van der Waals surface area (Å²) in [4.78, 5) is 51.5. The van der Waals surface area contributed by atoms with Crippen LogP contribution in [-0.2, 0) is 28.6 Å². The first kappa shape index (κ1) is 26.4. The van der Waals surface area contributed by atoms with Crippen LogP contribution in [0.5, 0.6) is 0 Å². The number of anilines is 1. The molecule has 0 aliphatic carbocycles. The summed E-state index contributed by atoms with van der Waals surface area (Å²) in [5.74, 6) is -1.70. The summed E-state index contributed by atoms with van der Waals surface area (Å²) < 4.78 is 18.2. The van der Waals surface area contributed by atoms with Crippen molar-refractivity contribution in [2.75, 3.05) is 25.0 Å². The van der Waals surface area contributed by atoms with Gasteiger partial charge in [0.15, 0.2) is 24.5 Å². The van der Waals surface area contributed by atoms with Crippen molar-refractivity contribution in [1.82, 2.24) is 9.55 Å². The summed E-state index contributed by atoms with van der Waals surface area (Å²) in [6.45, 7) is 11.1. The van der Waals surface area contributed by atoms with E-state index in [0.29, 0.717) is 19.6 Å². The average Bonchev–Trinajstić information content (AvgIpc) is 3.06. The van der Waals surface area contributed by atoms with Gasteiger partial charge in [0.05, 0.1) is 19.6 Å². The maximum absolute atomic E-state index is 12.7. The van der Waals surface area contributed by atoms with Crippen molar-refractivity contribution in [2.24, 2.45) is 0 Å². The molecular formula is C21H33N4O8+. The Morgan fingerprint density at radius 1 is 1.12 bits per heavy atom. The van der Waals surface area contributed by atoms with Crippen molar-refractivity contribution < 1.29 is 38.2 Å². The first-order valence-corrected chi connectivity index (χ1v) is 10.9. The number of amides is 1. The molecule has 1 saturated heterocycles. The molecule has 1 aliphatic rings. The van der Waals surface area contributed by atoms with Gasteiger partial charge in [-0.15, -0.1) is 0 Å². The van der Waals surface area contributed by atoms with E-state index in [1.54, 1.807) is 0 Å². The number of nitrogens with zero attached hydrogens (tertiary/aromatic N) is 3. The third kappa shape index (κ3) is 5.75. The molecular weight excluding hydrogens is 436 g/mol. The van der Waals surface area contributed by atoms with Crippen LogP contribution in [0.2, 0.25) is 0 Å². The normalized spacial score (nSPS) is 23.6. The Morgan fingerprint density at radius 2 is 1.67 bits per heavy atom. The number of ether oxygens (including phenoxy) is 3. The van der Waals surface area contributed by atoms with Crippen LogP contribution >= 0.6 is 0 Å². The summed E-state index contributed by atoms with van der Waals surface area (Å²) in [5.41, 5.74) is -0.789. The molecule has 184 valence electrons. The van der Waals surface area contributed by atoms with E-state index in [1.165, 1.54) is 33.0 Å². The van der Waals surface area contributed by atoms with Crippen molar-refractivity contribution in [2.45, 2.75) is 72.3 Å². The minimum atomic E-state index is -1.23. The van der Waals surface area contributed by atoms with E-state index in [2.05, 4.69) is 10.3 Å². The number of carbonyl (C=O) groups is 3. The van der Waals surface area contributed by atoms with Gasteiger partial charge in [0.25, 0.3) is 0 Å². The number of aliphatic hydroxyl groups excluding tert-OH is 1. The highest BCUT2D eigenvalue weighted by Gasteiger charge is 2.57. The van der Waals surface area contributed by atoms with Gasteiger partial charge in [-0.05, 0) is 26.8 Å². The van der Waals surface area contributed by atoms with Gasteiger partial charge in [-0.1, -0.05) is 0 Å². The molecule has 0 spiro atoms. The minimum Gasteiger partial charge on any atom is -0.455 e. The van der Waals surface area contributed by atoms with E-state index in [0.717, 1.165) is 4.57 Å². The lowest BCUT2D eigenvalue weighted by Gasteiger charge is -2.42. The molecule has 0 bridgehead atoms. The molecule has 2 heterocycles. The lowest BCUT2D eigenvalue weighted by Crippen LogP contribution is -2.62. The summed E-state index contributed by atoms with van der Waals surface area (Å²) in [6.07, 6.45) is -4.52. The second kappa shape index (κ2) is 10.9. The third-order valence-electron chi connectivity index (χ3n) is 5.98. The van der Waals surface area contributed by atoms with Crippen molar-refractivity contribution in [3.63, 3.8) is 0 Å². The van der Waals surface area contributed by atoms with Gasteiger partial charge < -0.3 is 24.6 Å². The molecule has 0 radical (unpaired) electrons. The molecule has 12 heteroatoms. The van der Waals surface area contributed by atoms with E-state index in [9.17, 15) is 24.3 Å². The van der Waals surface area contributed by atoms with Gasteiger partial charge in [0.1, 0.15) is 5.82 Å². The molecule has 1 amide bonds. The Labute approximate surface area is 192 Å². The van der Waals surface area contributed by atoms with E-state index in [1.807, 2.05) is 20.8 Å². The highest BCUT2D eigenvalue weighted by atomic mass is 16.6. The predicted octanol–water partition coefficient (Wildman–Crippen LogP) is 0.157. The molecule has 2 N–H and O–H groups in total. The van der Waals surface area contributed by atoms with Crippen LogP contribution in [-0.4, -0.2) is 81.2 Å². The van der Waals surface area contributed by atoms with Crippen LogP contribution in [0.3, 0.4) is 0 Å². The summed E-state index contributed by atoms with van der Waals surface area (Å²) in [7, 11) is 0. The van der Waals surface area contributed by atoms with Gasteiger partial charge in [-0.3, -0.25) is 23.4 Å². The average molecular weight is 470 g/mol. The molecule has 0 saturated carbocycles. The second-order valence-electron chi connectivity index (χ2n) is 7.90. The van der Waals surface area contributed by atoms with E-state index in [-0.39, 0.29) is 10.3 Å². The minimum absolute atomic E-state index is 0.0394. The van der Waals surface area contributed by atoms with Gasteiger partial charge in [-0.2, -0.15) is 4.98 Å². The fourth-order valence-electron chi connectivity index (χ4n) is 4.17. The van der Waals surface area contributed by atoms with Gasteiger partial charge in [-0.25, -0.2) is 4.79 Å². The molecule has 2 rings (SSSR count). The smallest absolute Gasteiger partial charge is 0.351 e. The van der Waals surface area contributed by atoms with E-state index < -0.39 is 54.3 Å². The highest BCUT2D eigenvalue weighted by molar-refractivity contribution is 5.87. The summed E-state index contributed by atoms with van der Waals surface area (Å²) in [6, 6.07) is 1.38. The molecule has 12 nitrogen and oxygen atoms in total. The number of likely N-dealkylation sites (N-methyl/N-ethyl adjacent to an activating group) is 1.